The van der Waals surface area contributed by atoms with Gasteiger partial charge in [-0.1, -0.05) is 0 Å². The summed E-state index contributed by atoms with van der Waals surface area (Å²) in [5.41, 5.74) is 2.49. The van der Waals surface area contributed by atoms with Gasteiger partial charge in [-0.15, -0.1) is 11.3 Å². The van der Waals surface area contributed by atoms with E-state index in [9.17, 15) is 4.79 Å². The Bertz CT molecular complexity index is 703. The molecule has 2 aromatic heterocycles. The zero-order chi connectivity index (χ0) is 16.4. The van der Waals surface area contributed by atoms with E-state index in [2.05, 4.69) is 15.0 Å². The third-order valence-corrected chi connectivity index (χ3v) is 4.63. The number of likely N-dealkylation sites (tertiary alicyclic amines) is 1. The molecule has 1 aliphatic rings. The van der Waals surface area contributed by atoms with Crippen LogP contribution in [0.25, 0.3) is 0 Å². The number of nitrogens with zero attached hydrogens (tertiary/aromatic N) is 5. The number of ether oxygens (including phenoxy) is 1. The van der Waals surface area contributed by atoms with E-state index >= 15 is 0 Å². The molecule has 1 saturated heterocycles. The lowest BCUT2D eigenvalue weighted by molar-refractivity contribution is 0.0775. The first-order valence-electron chi connectivity index (χ1n) is 7.40. The normalized spacial score (nSPS) is 17.3. The highest BCUT2D eigenvalue weighted by Crippen LogP contribution is 2.22. The smallest absolute Gasteiger partial charge is 0.265 e. The highest BCUT2D eigenvalue weighted by molar-refractivity contribution is 7.11. The van der Waals surface area contributed by atoms with Gasteiger partial charge in [-0.3, -0.25) is 9.78 Å². The topological polar surface area (TPSA) is 71.5 Å². The van der Waals surface area contributed by atoms with Crippen LogP contribution >= 0.6 is 11.3 Å². The summed E-state index contributed by atoms with van der Waals surface area (Å²) in [4.78, 5) is 29.5. The number of carbonyl (C=O) groups excluding carboxylic acids is 1. The Hall–Kier alpha value is -2.22. The van der Waals surface area contributed by atoms with Crippen LogP contribution in [0, 0.1) is 6.92 Å². The van der Waals surface area contributed by atoms with Crippen molar-refractivity contribution in [3.8, 4) is 5.88 Å². The summed E-state index contributed by atoms with van der Waals surface area (Å²) < 4.78 is 5.89. The third-order valence-electron chi connectivity index (χ3n) is 3.72. The fraction of sp³-hybridized carbons (Fsp3) is 0.467. The molecule has 1 atom stereocenters. The van der Waals surface area contributed by atoms with Crippen molar-refractivity contribution in [2.75, 3.05) is 32.1 Å². The number of hydrogen-bond donors (Lipinski definition) is 0. The molecular formula is C15H19N5O2S. The van der Waals surface area contributed by atoms with Crippen molar-refractivity contribution in [2.24, 2.45) is 0 Å². The van der Waals surface area contributed by atoms with Crippen LogP contribution in [-0.2, 0) is 0 Å². The van der Waals surface area contributed by atoms with Gasteiger partial charge in [0.25, 0.3) is 5.91 Å². The van der Waals surface area contributed by atoms with Gasteiger partial charge in [0.05, 0.1) is 30.1 Å². The molecule has 0 unspecified atom stereocenters. The fourth-order valence-electron chi connectivity index (χ4n) is 2.44. The number of aryl methyl sites for hydroxylation is 1. The van der Waals surface area contributed by atoms with Crippen molar-refractivity contribution in [1.82, 2.24) is 19.9 Å². The number of amides is 1. The summed E-state index contributed by atoms with van der Waals surface area (Å²) in [5.74, 6) is 1.27. The monoisotopic (exact) mass is 333 g/mol. The molecule has 2 aromatic rings. The molecule has 0 aromatic carbocycles. The highest BCUT2D eigenvalue weighted by Gasteiger charge is 2.30. The molecule has 23 heavy (non-hydrogen) atoms. The van der Waals surface area contributed by atoms with Gasteiger partial charge < -0.3 is 14.5 Å². The molecule has 3 rings (SSSR count). The van der Waals surface area contributed by atoms with Crippen LogP contribution in [-0.4, -0.2) is 59.0 Å². The first kappa shape index (κ1) is 15.7. The van der Waals surface area contributed by atoms with Crippen molar-refractivity contribution in [2.45, 2.75) is 19.4 Å². The van der Waals surface area contributed by atoms with Crippen molar-refractivity contribution < 1.29 is 9.53 Å². The summed E-state index contributed by atoms with van der Waals surface area (Å²) >= 11 is 1.38. The molecule has 0 N–H and O–H groups in total. The van der Waals surface area contributed by atoms with Crippen LogP contribution in [0.5, 0.6) is 5.88 Å². The van der Waals surface area contributed by atoms with Gasteiger partial charge in [-0.25, -0.2) is 4.98 Å². The lowest BCUT2D eigenvalue weighted by Crippen LogP contribution is -2.31. The summed E-state index contributed by atoms with van der Waals surface area (Å²) in [7, 11) is 3.81. The predicted octanol–water partition coefficient (Wildman–Crippen LogP) is 1.60. The number of rotatable bonds is 4. The summed E-state index contributed by atoms with van der Waals surface area (Å²) in [5, 5.41) is 0. The highest BCUT2D eigenvalue weighted by atomic mass is 32.1. The van der Waals surface area contributed by atoms with Crippen molar-refractivity contribution in [3.05, 3.63) is 28.5 Å². The Labute approximate surface area is 138 Å². The van der Waals surface area contributed by atoms with Crippen molar-refractivity contribution in [1.29, 1.82) is 0 Å². The van der Waals surface area contributed by atoms with Gasteiger partial charge >= 0.3 is 0 Å². The van der Waals surface area contributed by atoms with Crippen LogP contribution in [0.3, 0.4) is 0 Å². The van der Waals surface area contributed by atoms with E-state index in [1.165, 1.54) is 11.3 Å². The van der Waals surface area contributed by atoms with Crippen LogP contribution < -0.4 is 9.64 Å². The Morgan fingerprint density at radius 2 is 2.26 bits per heavy atom. The zero-order valence-corrected chi connectivity index (χ0v) is 14.2. The third kappa shape index (κ3) is 3.42. The van der Waals surface area contributed by atoms with Gasteiger partial charge in [0, 0.05) is 27.1 Å². The fourth-order valence-corrected chi connectivity index (χ4v) is 3.21. The van der Waals surface area contributed by atoms with Crippen LogP contribution in [0.1, 0.15) is 21.8 Å². The summed E-state index contributed by atoms with van der Waals surface area (Å²) in [6.45, 7) is 3.10. The number of anilines is 1. The quantitative estimate of drug-likeness (QED) is 0.846. The second-order valence-corrected chi connectivity index (χ2v) is 6.51. The number of carbonyl (C=O) groups is 1. The summed E-state index contributed by atoms with van der Waals surface area (Å²) in [6.07, 6.45) is 4.02. The minimum Gasteiger partial charge on any atom is -0.471 e. The largest absolute Gasteiger partial charge is 0.471 e. The molecule has 0 saturated carbocycles. The van der Waals surface area contributed by atoms with E-state index in [4.69, 9.17) is 4.74 Å². The van der Waals surface area contributed by atoms with Gasteiger partial charge in [0.1, 0.15) is 11.0 Å². The second-order valence-electron chi connectivity index (χ2n) is 5.66. The van der Waals surface area contributed by atoms with Crippen LogP contribution in [0.2, 0.25) is 0 Å². The standard InChI is InChI=1S/C15H19N5O2S/c1-10-14(23-9-17-10)15(21)20-5-4-11(8-20)22-13-7-16-6-12(18-13)19(2)3/h6-7,9,11H,4-5,8H2,1-3H3/t11-/m1/s1. The Kier molecular flexibility index (Phi) is 4.42. The Morgan fingerprint density at radius 1 is 1.43 bits per heavy atom. The lowest BCUT2D eigenvalue weighted by atomic mass is 10.3. The average Bonchev–Trinajstić information content (AvgIpc) is 3.16. The Morgan fingerprint density at radius 3 is 2.96 bits per heavy atom. The average molecular weight is 333 g/mol. The molecule has 1 fully saturated rings. The number of hydrogen-bond acceptors (Lipinski definition) is 7. The molecular weight excluding hydrogens is 314 g/mol. The van der Waals surface area contributed by atoms with Gasteiger partial charge in [0.2, 0.25) is 5.88 Å². The molecule has 3 heterocycles. The molecule has 8 heteroatoms. The molecule has 0 spiro atoms. The van der Waals surface area contributed by atoms with Gasteiger partial charge in [-0.2, -0.15) is 4.98 Å². The number of aromatic nitrogens is 3. The molecule has 122 valence electrons. The van der Waals surface area contributed by atoms with Crippen molar-refractivity contribution in [3.63, 3.8) is 0 Å². The second kappa shape index (κ2) is 6.49. The zero-order valence-electron chi connectivity index (χ0n) is 13.4. The van der Waals surface area contributed by atoms with E-state index < -0.39 is 0 Å². The van der Waals surface area contributed by atoms with E-state index in [0.29, 0.717) is 23.8 Å². The maximum absolute atomic E-state index is 12.5. The molecule has 1 aliphatic heterocycles. The Balaban J connectivity index is 1.63. The van der Waals surface area contributed by atoms with Crippen LogP contribution in [0.4, 0.5) is 5.82 Å². The lowest BCUT2D eigenvalue weighted by Gasteiger charge is -2.17. The minimum absolute atomic E-state index is 0.0317. The number of thiazole rings is 1. The van der Waals surface area contributed by atoms with Crippen LogP contribution in [0.15, 0.2) is 17.9 Å². The van der Waals surface area contributed by atoms with E-state index in [1.54, 1.807) is 17.9 Å². The SMILES string of the molecule is Cc1ncsc1C(=O)N1CC[C@@H](Oc2cncc(N(C)C)n2)C1. The first-order valence-corrected chi connectivity index (χ1v) is 8.28. The first-order chi connectivity index (χ1) is 11.0. The maximum Gasteiger partial charge on any atom is 0.265 e. The van der Waals surface area contributed by atoms with E-state index in [1.807, 2.05) is 30.8 Å². The predicted molar refractivity (Wildman–Crippen MR) is 88.1 cm³/mol. The maximum atomic E-state index is 12.5. The molecule has 7 nitrogen and oxygen atoms in total. The molecule has 1 amide bonds. The minimum atomic E-state index is -0.0566. The van der Waals surface area contributed by atoms with Gasteiger partial charge in [0.15, 0.2) is 5.82 Å². The van der Waals surface area contributed by atoms with E-state index in [-0.39, 0.29) is 12.0 Å². The molecule has 0 bridgehead atoms. The van der Waals surface area contributed by atoms with Gasteiger partial charge in [-0.05, 0) is 6.92 Å². The molecule has 0 aliphatic carbocycles. The van der Waals surface area contributed by atoms with Crippen molar-refractivity contribution >= 4 is 23.1 Å². The molecule has 0 radical (unpaired) electrons. The summed E-state index contributed by atoms with van der Waals surface area (Å²) in [6, 6.07) is 0. The van der Waals surface area contributed by atoms with E-state index in [0.717, 1.165) is 17.9 Å².